The van der Waals surface area contributed by atoms with Crippen LogP contribution in [0.5, 0.6) is 11.5 Å². The number of benzene rings is 2. The molecule has 3 rings (SSSR count). The number of nitrogens with two attached hydrogens (primary N) is 1. The summed E-state index contributed by atoms with van der Waals surface area (Å²) < 4.78 is 11.2. The number of nitrogens with one attached hydrogen (secondary N) is 1. The van der Waals surface area contributed by atoms with Crippen molar-refractivity contribution < 1.29 is 14.3 Å². The summed E-state index contributed by atoms with van der Waals surface area (Å²) in [4.78, 5) is 12.6. The maximum atomic E-state index is 12.6. The summed E-state index contributed by atoms with van der Waals surface area (Å²) in [6, 6.07) is 13.1. The van der Waals surface area contributed by atoms with Crippen molar-refractivity contribution in [2.75, 3.05) is 13.2 Å². The molecule has 0 saturated carbocycles. The first kappa shape index (κ1) is 20.1. The molecule has 26 heavy (non-hydrogen) atoms. The largest absolute Gasteiger partial charge is 0.486 e. The first-order chi connectivity index (χ1) is 12.1. The number of carbonyl (C=O) groups is 1. The van der Waals surface area contributed by atoms with Crippen LogP contribution in [-0.4, -0.2) is 19.1 Å². The number of rotatable bonds is 5. The van der Waals surface area contributed by atoms with Crippen LogP contribution in [0.1, 0.15) is 41.4 Å². The Balaban J connectivity index is 0.00000243. The number of fused-ring (bicyclic) bond motifs is 1. The standard InChI is InChI=1S/C20H24N2O3.ClH/c1-13(2)19(16-7-8-17-18(11-16)25-10-9-24-17)22-20(23)15-5-3-14(12-21)4-6-15;/h3-8,11,13,19H,9-10,12,21H2,1-2H3,(H,22,23);1H. The summed E-state index contributed by atoms with van der Waals surface area (Å²) in [5.74, 6) is 1.61. The second kappa shape index (κ2) is 8.92. The van der Waals surface area contributed by atoms with Crippen molar-refractivity contribution in [3.8, 4) is 11.5 Å². The Kier molecular flexibility index (Phi) is 6.89. The van der Waals surface area contributed by atoms with E-state index in [1.807, 2.05) is 30.3 Å². The Morgan fingerprint density at radius 1 is 1.08 bits per heavy atom. The van der Waals surface area contributed by atoms with E-state index in [1.165, 1.54) is 0 Å². The molecule has 1 heterocycles. The molecule has 6 heteroatoms. The van der Waals surface area contributed by atoms with Crippen LogP contribution in [0.3, 0.4) is 0 Å². The molecular formula is C20H25ClN2O3. The summed E-state index contributed by atoms with van der Waals surface area (Å²) in [5, 5.41) is 3.13. The molecular weight excluding hydrogens is 352 g/mol. The Labute approximate surface area is 160 Å². The van der Waals surface area contributed by atoms with Gasteiger partial charge in [0.25, 0.3) is 5.91 Å². The summed E-state index contributed by atoms with van der Waals surface area (Å²) in [6.07, 6.45) is 0. The molecule has 0 aliphatic carbocycles. The highest BCUT2D eigenvalue weighted by Gasteiger charge is 2.22. The molecule has 0 bridgehead atoms. The first-order valence-corrected chi connectivity index (χ1v) is 8.58. The van der Waals surface area contributed by atoms with Crippen LogP contribution in [0, 0.1) is 5.92 Å². The van der Waals surface area contributed by atoms with Gasteiger partial charge >= 0.3 is 0 Å². The lowest BCUT2D eigenvalue weighted by Crippen LogP contribution is -2.32. The number of hydrogen-bond acceptors (Lipinski definition) is 4. The first-order valence-electron chi connectivity index (χ1n) is 8.58. The van der Waals surface area contributed by atoms with Gasteiger partial charge in [-0.25, -0.2) is 0 Å². The molecule has 0 radical (unpaired) electrons. The molecule has 0 saturated heterocycles. The number of ether oxygens (including phenoxy) is 2. The molecule has 0 spiro atoms. The molecule has 1 aliphatic heterocycles. The van der Waals surface area contributed by atoms with E-state index in [0.29, 0.717) is 25.3 Å². The van der Waals surface area contributed by atoms with Gasteiger partial charge < -0.3 is 20.5 Å². The Morgan fingerprint density at radius 2 is 1.73 bits per heavy atom. The van der Waals surface area contributed by atoms with Crippen molar-refractivity contribution in [3.63, 3.8) is 0 Å². The number of hydrogen-bond donors (Lipinski definition) is 2. The second-order valence-electron chi connectivity index (χ2n) is 6.50. The van der Waals surface area contributed by atoms with Gasteiger partial charge in [0.15, 0.2) is 11.5 Å². The van der Waals surface area contributed by atoms with Crippen LogP contribution >= 0.6 is 12.4 Å². The van der Waals surface area contributed by atoms with Gasteiger partial charge in [-0.05, 0) is 41.3 Å². The third-order valence-corrected chi connectivity index (χ3v) is 4.33. The highest BCUT2D eigenvalue weighted by molar-refractivity contribution is 5.94. The summed E-state index contributed by atoms with van der Waals surface area (Å²) in [5.41, 5.74) is 8.24. The zero-order chi connectivity index (χ0) is 17.8. The lowest BCUT2D eigenvalue weighted by Gasteiger charge is -2.25. The third kappa shape index (κ3) is 4.48. The average molecular weight is 377 g/mol. The second-order valence-corrected chi connectivity index (χ2v) is 6.50. The number of halogens is 1. The minimum Gasteiger partial charge on any atom is -0.486 e. The quantitative estimate of drug-likeness (QED) is 0.838. The van der Waals surface area contributed by atoms with E-state index in [0.717, 1.165) is 22.6 Å². The third-order valence-electron chi connectivity index (χ3n) is 4.33. The fraction of sp³-hybridized carbons (Fsp3) is 0.350. The van der Waals surface area contributed by atoms with Crippen LogP contribution in [0.2, 0.25) is 0 Å². The average Bonchev–Trinajstić information content (AvgIpc) is 2.65. The zero-order valence-corrected chi connectivity index (χ0v) is 15.8. The molecule has 1 unspecified atom stereocenters. The van der Waals surface area contributed by atoms with E-state index >= 15 is 0 Å². The minimum absolute atomic E-state index is 0. The molecule has 0 aromatic heterocycles. The molecule has 1 aliphatic rings. The summed E-state index contributed by atoms with van der Waals surface area (Å²) in [7, 11) is 0. The molecule has 140 valence electrons. The predicted octanol–water partition coefficient (Wildman–Crippen LogP) is 3.47. The predicted molar refractivity (Wildman–Crippen MR) is 104 cm³/mol. The lowest BCUT2D eigenvalue weighted by molar-refractivity contribution is 0.0925. The van der Waals surface area contributed by atoms with Crippen LogP contribution < -0.4 is 20.5 Å². The topological polar surface area (TPSA) is 73.6 Å². The smallest absolute Gasteiger partial charge is 0.251 e. The van der Waals surface area contributed by atoms with Gasteiger partial charge in [-0.15, -0.1) is 12.4 Å². The molecule has 3 N–H and O–H groups in total. The highest BCUT2D eigenvalue weighted by Crippen LogP contribution is 2.34. The highest BCUT2D eigenvalue weighted by atomic mass is 35.5. The van der Waals surface area contributed by atoms with Crippen molar-refractivity contribution in [2.45, 2.75) is 26.4 Å². The van der Waals surface area contributed by atoms with E-state index in [2.05, 4.69) is 19.2 Å². The van der Waals surface area contributed by atoms with Crippen molar-refractivity contribution in [2.24, 2.45) is 11.7 Å². The van der Waals surface area contributed by atoms with Crippen LogP contribution in [0.15, 0.2) is 42.5 Å². The molecule has 1 atom stereocenters. The van der Waals surface area contributed by atoms with Crippen molar-refractivity contribution in [3.05, 3.63) is 59.2 Å². The SMILES string of the molecule is CC(C)C(NC(=O)c1ccc(CN)cc1)c1ccc2c(c1)OCCO2.Cl. The van der Waals surface area contributed by atoms with E-state index in [1.54, 1.807) is 12.1 Å². The normalized spacial score (nSPS) is 13.7. The van der Waals surface area contributed by atoms with Gasteiger partial charge in [-0.1, -0.05) is 32.0 Å². The van der Waals surface area contributed by atoms with Crippen LogP contribution in [-0.2, 0) is 6.54 Å². The van der Waals surface area contributed by atoms with Crippen molar-refractivity contribution in [1.29, 1.82) is 0 Å². The van der Waals surface area contributed by atoms with E-state index in [-0.39, 0.29) is 30.3 Å². The lowest BCUT2D eigenvalue weighted by atomic mass is 9.95. The fourth-order valence-electron chi connectivity index (χ4n) is 2.91. The number of amides is 1. The monoisotopic (exact) mass is 376 g/mol. The van der Waals surface area contributed by atoms with Crippen molar-refractivity contribution in [1.82, 2.24) is 5.32 Å². The maximum Gasteiger partial charge on any atom is 0.251 e. The molecule has 5 nitrogen and oxygen atoms in total. The Hall–Kier alpha value is -2.24. The molecule has 2 aromatic carbocycles. The van der Waals surface area contributed by atoms with Gasteiger partial charge in [0.1, 0.15) is 13.2 Å². The van der Waals surface area contributed by atoms with Gasteiger partial charge in [0.05, 0.1) is 6.04 Å². The van der Waals surface area contributed by atoms with Crippen LogP contribution in [0.4, 0.5) is 0 Å². The summed E-state index contributed by atoms with van der Waals surface area (Å²) >= 11 is 0. The van der Waals surface area contributed by atoms with Gasteiger partial charge in [0, 0.05) is 12.1 Å². The van der Waals surface area contributed by atoms with E-state index in [4.69, 9.17) is 15.2 Å². The summed E-state index contributed by atoms with van der Waals surface area (Å²) in [6.45, 7) is 5.74. The Morgan fingerprint density at radius 3 is 2.35 bits per heavy atom. The van der Waals surface area contributed by atoms with Crippen molar-refractivity contribution >= 4 is 18.3 Å². The van der Waals surface area contributed by atoms with E-state index < -0.39 is 0 Å². The van der Waals surface area contributed by atoms with Crippen LogP contribution in [0.25, 0.3) is 0 Å². The van der Waals surface area contributed by atoms with Gasteiger partial charge in [-0.2, -0.15) is 0 Å². The Bertz CT molecular complexity index is 747. The zero-order valence-electron chi connectivity index (χ0n) is 15.0. The van der Waals surface area contributed by atoms with Gasteiger partial charge in [0.2, 0.25) is 0 Å². The molecule has 2 aromatic rings. The maximum absolute atomic E-state index is 12.6. The van der Waals surface area contributed by atoms with E-state index in [9.17, 15) is 4.79 Å². The molecule has 1 amide bonds. The minimum atomic E-state index is -0.113. The van der Waals surface area contributed by atoms with Gasteiger partial charge in [-0.3, -0.25) is 4.79 Å². The number of carbonyl (C=O) groups excluding carboxylic acids is 1. The fourth-order valence-corrected chi connectivity index (χ4v) is 2.91. The molecule has 0 fully saturated rings.